The Balaban J connectivity index is 1.12. The molecule has 1 fully saturated rings. The average molecular weight is 589 g/mol. The van der Waals surface area contributed by atoms with E-state index in [1.807, 2.05) is 52.5 Å². The maximum Gasteiger partial charge on any atom is 0.253 e. The summed E-state index contributed by atoms with van der Waals surface area (Å²) in [5, 5.41) is 9.55. The fourth-order valence-corrected chi connectivity index (χ4v) is 7.12. The molecule has 1 aliphatic carbocycles. The Morgan fingerprint density at radius 1 is 1.07 bits per heavy atom. The Labute approximate surface area is 241 Å². The van der Waals surface area contributed by atoms with Gasteiger partial charge in [-0.05, 0) is 25.0 Å². The first kappa shape index (κ1) is 25.1. The van der Waals surface area contributed by atoms with Crippen LogP contribution in [0.25, 0.3) is 36.5 Å². The van der Waals surface area contributed by atoms with Crippen molar-refractivity contribution in [3.8, 4) is 32.8 Å². The van der Waals surface area contributed by atoms with Crippen molar-refractivity contribution in [3.63, 3.8) is 0 Å². The van der Waals surface area contributed by atoms with Crippen molar-refractivity contribution in [1.82, 2.24) is 29.5 Å². The van der Waals surface area contributed by atoms with E-state index in [2.05, 4.69) is 0 Å². The number of fused-ring (bicyclic) bond motifs is 2. The van der Waals surface area contributed by atoms with Gasteiger partial charge in [-0.1, -0.05) is 23.5 Å². The van der Waals surface area contributed by atoms with Crippen LogP contribution < -0.4 is 9.47 Å². The van der Waals surface area contributed by atoms with Gasteiger partial charge in [-0.2, -0.15) is 5.10 Å². The van der Waals surface area contributed by atoms with Crippen LogP contribution in [0.1, 0.15) is 39.8 Å². The third-order valence-electron chi connectivity index (χ3n) is 6.58. The van der Waals surface area contributed by atoms with Crippen LogP contribution in [0.4, 0.5) is 0 Å². The summed E-state index contributed by atoms with van der Waals surface area (Å²) in [5.41, 5.74) is 4.02. The molecule has 0 saturated heterocycles. The highest BCUT2D eigenvalue weighted by Gasteiger charge is 2.28. The van der Waals surface area contributed by atoms with Gasteiger partial charge in [0, 0.05) is 48.7 Å². The van der Waals surface area contributed by atoms with Crippen LogP contribution in [0.2, 0.25) is 0 Å². The minimum Gasteiger partial charge on any atom is -0.497 e. The number of methoxy groups -OCH3 is 1. The maximum atomic E-state index is 12.2. The monoisotopic (exact) mass is 588 g/mol. The van der Waals surface area contributed by atoms with E-state index in [-0.39, 0.29) is 5.91 Å². The van der Waals surface area contributed by atoms with Crippen LogP contribution >= 0.6 is 34.0 Å². The van der Waals surface area contributed by atoms with Crippen LogP contribution in [0.5, 0.6) is 11.5 Å². The smallest absolute Gasteiger partial charge is 0.253 e. The highest BCUT2D eigenvalue weighted by atomic mass is 32.1. The first-order valence-corrected chi connectivity index (χ1v) is 15.2. The first-order valence-electron chi connectivity index (χ1n) is 12.7. The maximum absolute atomic E-state index is 12.2. The average Bonchev–Trinajstić information content (AvgIpc) is 3.28. The Hall–Kier alpha value is -3.87. The van der Waals surface area contributed by atoms with E-state index in [4.69, 9.17) is 29.5 Å². The molecule has 202 valence electrons. The molecule has 0 N–H and O–H groups in total. The Morgan fingerprint density at radius 2 is 1.90 bits per heavy atom. The SMILES string of the molecule is COc1cc(OCc2csc(-c3ccc(C(=O)N(C)C)cc3)n2)c2sc(-c3cn4nc(C5CC5)sc4n3)nc2c1. The van der Waals surface area contributed by atoms with Crippen molar-refractivity contribution < 1.29 is 14.3 Å². The Bertz CT molecular complexity index is 1830. The number of thiazole rings is 2. The first-order chi connectivity index (χ1) is 19.4. The number of ether oxygens (including phenoxy) is 2. The van der Waals surface area contributed by atoms with Crippen LogP contribution in [0, 0.1) is 0 Å². The van der Waals surface area contributed by atoms with Gasteiger partial charge in [-0.15, -0.1) is 22.7 Å². The zero-order valence-corrected chi connectivity index (χ0v) is 24.4. The van der Waals surface area contributed by atoms with Crippen LogP contribution in [0.15, 0.2) is 48.0 Å². The van der Waals surface area contributed by atoms with Gasteiger partial charge in [0.25, 0.3) is 5.91 Å². The van der Waals surface area contributed by atoms with E-state index >= 15 is 0 Å². The van der Waals surface area contributed by atoms with Crippen molar-refractivity contribution in [3.05, 3.63) is 64.2 Å². The third-order valence-corrected chi connectivity index (χ3v) is 9.72. The number of benzene rings is 2. The molecular weight excluding hydrogens is 565 g/mol. The molecule has 0 bridgehead atoms. The number of hydrogen-bond acceptors (Lipinski definition) is 10. The van der Waals surface area contributed by atoms with Gasteiger partial charge >= 0.3 is 0 Å². The molecule has 0 radical (unpaired) electrons. The minimum absolute atomic E-state index is 0.0253. The van der Waals surface area contributed by atoms with Gasteiger partial charge in [0.2, 0.25) is 4.96 Å². The normalized spacial score (nSPS) is 13.3. The molecule has 4 aromatic heterocycles. The topological polar surface area (TPSA) is 94.7 Å². The van der Waals surface area contributed by atoms with E-state index in [0.717, 1.165) is 42.1 Å². The van der Waals surface area contributed by atoms with Gasteiger partial charge < -0.3 is 14.4 Å². The molecule has 7 rings (SSSR count). The summed E-state index contributed by atoms with van der Waals surface area (Å²) in [6.07, 6.45) is 4.40. The lowest BCUT2D eigenvalue weighted by atomic mass is 10.1. The summed E-state index contributed by atoms with van der Waals surface area (Å²) < 4.78 is 14.6. The van der Waals surface area contributed by atoms with Crippen LogP contribution in [-0.4, -0.2) is 56.6 Å². The molecule has 9 nitrogen and oxygen atoms in total. The van der Waals surface area contributed by atoms with E-state index in [1.54, 1.807) is 60.1 Å². The van der Waals surface area contributed by atoms with Crippen molar-refractivity contribution in [1.29, 1.82) is 0 Å². The lowest BCUT2D eigenvalue weighted by Gasteiger charge is -2.10. The molecule has 12 heteroatoms. The summed E-state index contributed by atoms with van der Waals surface area (Å²) in [5.74, 6) is 1.95. The van der Waals surface area contributed by atoms with E-state index < -0.39 is 0 Å². The van der Waals surface area contributed by atoms with E-state index in [9.17, 15) is 4.79 Å². The summed E-state index contributed by atoms with van der Waals surface area (Å²) >= 11 is 4.74. The zero-order chi connectivity index (χ0) is 27.4. The number of imidazole rings is 1. The quantitative estimate of drug-likeness (QED) is 0.204. The molecular formula is C28H24N6O3S3. The second-order valence-corrected chi connectivity index (χ2v) is 12.6. The van der Waals surface area contributed by atoms with E-state index in [1.165, 1.54) is 17.8 Å². The number of amides is 1. The number of rotatable bonds is 8. The lowest BCUT2D eigenvalue weighted by Crippen LogP contribution is -2.21. The van der Waals surface area contributed by atoms with Gasteiger partial charge in [0.15, 0.2) is 0 Å². The number of nitrogens with zero attached hydrogens (tertiary/aromatic N) is 6. The van der Waals surface area contributed by atoms with Gasteiger partial charge in [-0.3, -0.25) is 4.79 Å². The predicted octanol–water partition coefficient (Wildman–Crippen LogP) is 6.36. The van der Waals surface area contributed by atoms with Gasteiger partial charge in [-0.25, -0.2) is 19.5 Å². The highest BCUT2D eigenvalue weighted by Crippen LogP contribution is 2.43. The fourth-order valence-electron chi connectivity index (χ4n) is 4.30. The van der Waals surface area contributed by atoms with Crippen LogP contribution in [0.3, 0.4) is 0 Å². The molecule has 40 heavy (non-hydrogen) atoms. The number of aromatic nitrogens is 5. The summed E-state index contributed by atoms with van der Waals surface area (Å²) in [6.45, 7) is 0.303. The lowest BCUT2D eigenvalue weighted by molar-refractivity contribution is 0.0827. The second-order valence-electron chi connectivity index (χ2n) is 9.77. The fraction of sp³-hybridized carbons (Fsp3) is 0.250. The second kappa shape index (κ2) is 9.95. The summed E-state index contributed by atoms with van der Waals surface area (Å²) in [6, 6.07) is 11.3. The molecule has 1 saturated carbocycles. The molecule has 1 amide bonds. The standard InChI is InChI=1S/C28H24N6O3S3/c1-33(2)27(35)17-8-6-15(7-9-17)24-29-18(14-38-24)13-37-22-11-19(36-3)10-20-23(22)39-26(30-20)21-12-34-28(31-21)40-25(32-34)16-4-5-16/h6-12,14,16H,4-5,13H2,1-3H3. The van der Waals surface area contributed by atoms with E-state index in [0.29, 0.717) is 29.6 Å². The van der Waals surface area contributed by atoms with Crippen molar-refractivity contribution in [2.24, 2.45) is 0 Å². The number of carbonyl (C=O) groups is 1. The zero-order valence-electron chi connectivity index (χ0n) is 22.0. The largest absolute Gasteiger partial charge is 0.497 e. The Kier molecular flexibility index (Phi) is 6.25. The summed E-state index contributed by atoms with van der Waals surface area (Å²) in [4.78, 5) is 29.0. The van der Waals surface area contributed by atoms with Gasteiger partial charge in [0.05, 0.1) is 29.2 Å². The minimum atomic E-state index is -0.0253. The molecule has 6 aromatic rings. The van der Waals surface area contributed by atoms with Crippen LogP contribution in [-0.2, 0) is 6.61 Å². The molecule has 0 aliphatic heterocycles. The number of carbonyl (C=O) groups excluding carboxylic acids is 1. The molecule has 4 heterocycles. The van der Waals surface area contributed by atoms with Gasteiger partial charge in [0.1, 0.15) is 38.8 Å². The Morgan fingerprint density at radius 3 is 2.62 bits per heavy atom. The molecule has 1 aliphatic rings. The molecule has 0 spiro atoms. The van der Waals surface area contributed by atoms with Crippen molar-refractivity contribution >= 4 is 55.1 Å². The highest BCUT2D eigenvalue weighted by molar-refractivity contribution is 7.22. The number of hydrogen-bond donors (Lipinski definition) is 0. The van der Waals surface area contributed by atoms with Crippen molar-refractivity contribution in [2.45, 2.75) is 25.4 Å². The molecule has 0 atom stereocenters. The molecule has 2 aromatic carbocycles. The third kappa shape index (κ3) is 4.72. The molecule has 0 unspecified atom stereocenters. The van der Waals surface area contributed by atoms with Crippen molar-refractivity contribution in [2.75, 3.05) is 21.2 Å². The summed E-state index contributed by atoms with van der Waals surface area (Å²) in [7, 11) is 5.12. The predicted molar refractivity (Wildman–Crippen MR) is 158 cm³/mol.